The second-order valence-corrected chi connectivity index (χ2v) is 5.83. The van der Waals surface area contributed by atoms with Gasteiger partial charge in [-0.1, -0.05) is 0 Å². The van der Waals surface area contributed by atoms with Gasteiger partial charge >= 0.3 is 5.97 Å². The van der Waals surface area contributed by atoms with E-state index in [9.17, 15) is 4.79 Å². The minimum atomic E-state index is -0.662. The zero-order valence-electron chi connectivity index (χ0n) is 11.9. The van der Waals surface area contributed by atoms with Crippen molar-refractivity contribution in [3.63, 3.8) is 0 Å². The summed E-state index contributed by atoms with van der Waals surface area (Å²) >= 11 is 0. The number of piperidine rings is 1. The molecule has 20 heavy (non-hydrogen) atoms. The highest BCUT2D eigenvalue weighted by molar-refractivity contribution is 5.70. The Morgan fingerprint density at radius 2 is 1.90 bits per heavy atom. The van der Waals surface area contributed by atoms with Gasteiger partial charge in [-0.25, -0.2) is 9.97 Å². The smallest absolute Gasteiger partial charge is 0.306 e. The van der Waals surface area contributed by atoms with Crippen molar-refractivity contribution >= 4 is 11.8 Å². The number of aryl methyl sites for hydroxylation is 2. The first kappa shape index (κ1) is 13.3. The van der Waals surface area contributed by atoms with Crippen molar-refractivity contribution in [2.24, 2.45) is 5.92 Å². The van der Waals surface area contributed by atoms with Crippen molar-refractivity contribution < 1.29 is 9.90 Å². The third-order valence-corrected chi connectivity index (χ3v) is 4.42. The maximum Gasteiger partial charge on any atom is 0.306 e. The number of nitrogens with zero attached hydrogens (tertiary/aromatic N) is 3. The predicted octanol–water partition coefficient (Wildman–Crippen LogP) is 1.96. The van der Waals surface area contributed by atoms with E-state index >= 15 is 0 Å². The fourth-order valence-corrected chi connectivity index (χ4v) is 3.29. The molecule has 1 aromatic rings. The van der Waals surface area contributed by atoms with E-state index in [1.54, 1.807) is 0 Å². The number of anilines is 1. The van der Waals surface area contributed by atoms with Gasteiger partial charge in [-0.15, -0.1) is 0 Å². The zero-order valence-corrected chi connectivity index (χ0v) is 11.9. The first-order valence-corrected chi connectivity index (χ1v) is 7.49. The Balaban J connectivity index is 1.84. The number of hydrogen-bond acceptors (Lipinski definition) is 4. The van der Waals surface area contributed by atoms with Crippen molar-refractivity contribution in [1.82, 2.24) is 9.97 Å². The minimum Gasteiger partial charge on any atom is -0.481 e. The van der Waals surface area contributed by atoms with Crippen LogP contribution in [0.1, 0.15) is 42.8 Å². The van der Waals surface area contributed by atoms with E-state index in [-0.39, 0.29) is 5.92 Å². The van der Waals surface area contributed by atoms with E-state index in [2.05, 4.69) is 14.9 Å². The summed E-state index contributed by atoms with van der Waals surface area (Å²) in [5.74, 6) is 1.05. The van der Waals surface area contributed by atoms with Gasteiger partial charge in [0.2, 0.25) is 0 Å². The number of aliphatic carboxylic acids is 1. The Labute approximate surface area is 119 Å². The van der Waals surface area contributed by atoms with Crippen LogP contribution < -0.4 is 4.90 Å². The van der Waals surface area contributed by atoms with Crippen molar-refractivity contribution in [3.05, 3.63) is 17.1 Å². The normalized spacial score (nSPS) is 19.8. The molecule has 0 unspecified atom stereocenters. The predicted molar refractivity (Wildman–Crippen MR) is 76.0 cm³/mol. The van der Waals surface area contributed by atoms with Crippen molar-refractivity contribution in [2.45, 2.75) is 45.4 Å². The van der Waals surface area contributed by atoms with E-state index in [0.717, 1.165) is 37.6 Å². The van der Waals surface area contributed by atoms with Gasteiger partial charge in [0.1, 0.15) is 11.6 Å². The fourth-order valence-electron chi connectivity index (χ4n) is 3.29. The largest absolute Gasteiger partial charge is 0.481 e. The molecule has 0 aromatic carbocycles. The Hall–Kier alpha value is -1.65. The van der Waals surface area contributed by atoms with E-state index in [0.29, 0.717) is 12.8 Å². The molecule has 0 saturated carbocycles. The van der Waals surface area contributed by atoms with Crippen LogP contribution in [0.5, 0.6) is 0 Å². The molecule has 1 aromatic heterocycles. The molecule has 1 fully saturated rings. The van der Waals surface area contributed by atoms with Gasteiger partial charge < -0.3 is 10.0 Å². The van der Waals surface area contributed by atoms with E-state index in [1.807, 2.05) is 6.92 Å². The number of carbonyl (C=O) groups is 1. The van der Waals surface area contributed by atoms with E-state index in [4.69, 9.17) is 5.11 Å². The lowest BCUT2D eigenvalue weighted by Gasteiger charge is -2.33. The standard InChI is InChI=1S/C15H21N3O2/c1-10-16-13-5-3-2-4-12(13)14(17-10)18-8-6-11(7-9-18)15(19)20/h11H,2-9H2,1H3,(H,19,20). The summed E-state index contributed by atoms with van der Waals surface area (Å²) in [6, 6.07) is 0. The molecular formula is C15H21N3O2. The van der Waals surface area contributed by atoms with Gasteiger partial charge in [0.25, 0.3) is 0 Å². The van der Waals surface area contributed by atoms with Crippen LogP contribution in [0, 0.1) is 12.8 Å². The quantitative estimate of drug-likeness (QED) is 0.893. The molecule has 108 valence electrons. The number of carboxylic acid groups (broad SMARTS) is 1. The van der Waals surface area contributed by atoms with Crippen LogP contribution in [0.4, 0.5) is 5.82 Å². The fraction of sp³-hybridized carbons (Fsp3) is 0.667. The Morgan fingerprint density at radius 3 is 2.60 bits per heavy atom. The Morgan fingerprint density at radius 1 is 1.20 bits per heavy atom. The SMILES string of the molecule is Cc1nc2c(c(N3CCC(C(=O)O)CC3)n1)CCCC2. The first-order chi connectivity index (χ1) is 9.65. The molecule has 1 aliphatic carbocycles. The molecule has 5 heteroatoms. The maximum atomic E-state index is 11.0. The molecule has 0 atom stereocenters. The summed E-state index contributed by atoms with van der Waals surface area (Å²) in [6.07, 6.45) is 5.96. The third-order valence-electron chi connectivity index (χ3n) is 4.42. The molecule has 1 aliphatic heterocycles. The Bertz CT molecular complexity index is 522. The van der Waals surface area contributed by atoms with Crippen LogP contribution in [-0.2, 0) is 17.6 Å². The molecule has 2 aliphatic rings. The van der Waals surface area contributed by atoms with Gasteiger partial charge in [0, 0.05) is 24.3 Å². The van der Waals surface area contributed by atoms with Crippen LogP contribution in [0.15, 0.2) is 0 Å². The van der Waals surface area contributed by atoms with Crippen LogP contribution >= 0.6 is 0 Å². The molecule has 0 amide bonds. The lowest BCUT2D eigenvalue weighted by atomic mass is 9.93. The van der Waals surface area contributed by atoms with Crippen molar-refractivity contribution in [2.75, 3.05) is 18.0 Å². The number of fused-ring (bicyclic) bond motifs is 1. The second-order valence-electron chi connectivity index (χ2n) is 5.83. The summed E-state index contributed by atoms with van der Waals surface area (Å²) in [5.41, 5.74) is 2.51. The minimum absolute atomic E-state index is 0.190. The molecule has 2 heterocycles. The molecule has 3 rings (SSSR count). The highest BCUT2D eigenvalue weighted by Gasteiger charge is 2.28. The Kier molecular flexibility index (Phi) is 3.59. The van der Waals surface area contributed by atoms with Crippen LogP contribution in [0.2, 0.25) is 0 Å². The highest BCUT2D eigenvalue weighted by atomic mass is 16.4. The highest BCUT2D eigenvalue weighted by Crippen LogP contribution is 2.30. The third kappa shape index (κ3) is 2.49. The van der Waals surface area contributed by atoms with Crippen LogP contribution in [0.25, 0.3) is 0 Å². The molecule has 1 N–H and O–H groups in total. The van der Waals surface area contributed by atoms with Gasteiger partial charge in [0.05, 0.1) is 5.92 Å². The van der Waals surface area contributed by atoms with Crippen LogP contribution in [-0.4, -0.2) is 34.1 Å². The van der Waals surface area contributed by atoms with Gasteiger partial charge in [-0.05, 0) is 45.4 Å². The summed E-state index contributed by atoms with van der Waals surface area (Å²) in [6.45, 7) is 3.53. The molecule has 5 nitrogen and oxygen atoms in total. The molecule has 1 saturated heterocycles. The summed E-state index contributed by atoms with van der Waals surface area (Å²) in [4.78, 5) is 22.5. The number of hydrogen-bond donors (Lipinski definition) is 1. The average molecular weight is 275 g/mol. The molecular weight excluding hydrogens is 254 g/mol. The maximum absolute atomic E-state index is 11.0. The molecule has 0 spiro atoms. The van der Waals surface area contributed by atoms with E-state index in [1.165, 1.54) is 24.1 Å². The van der Waals surface area contributed by atoms with Gasteiger partial charge in [-0.2, -0.15) is 0 Å². The summed E-state index contributed by atoms with van der Waals surface area (Å²) in [7, 11) is 0. The molecule has 0 bridgehead atoms. The number of rotatable bonds is 2. The summed E-state index contributed by atoms with van der Waals surface area (Å²) < 4.78 is 0. The summed E-state index contributed by atoms with van der Waals surface area (Å²) in [5, 5.41) is 9.09. The van der Waals surface area contributed by atoms with Crippen molar-refractivity contribution in [1.29, 1.82) is 0 Å². The first-order valence-electron chi connectivity index (χ1n) is 7.49. The second kappa shape index (κ2) is 5.38. The molecule has 0 radical (unpaired) electrons. The topological polar surface area (TPSA) is 66.3 Å². The van der Waals surface area contributed by atoms with Crippen molar-refractivity contribution in [3.8, 4) is 0 Å². The zero-order chi connectivity index (χ0) is 14.1. The van der Waals surface area contributed by atoms with Gasteiger partial charge in [0.15, 0.2) is 0 Å². The van der Waals surface area contributed by atoms with Gasteiger partial charge in [-0.3, -0.25) is 4.79 Å². The van der Waals surface area contributed by atoms with E-state index < -0.39 is 5.97 Å². The average Bonchev–Trinajstić information content (AvgIpc) is 2.46. The monoisotopic (exact) mass is 275 g/mol. The number of aromatic nitrogens is 2. The lowest BCUT2D eigenvalue weighted by Crippen LogP contribution is -2.38. The number of carboxylic acids is 1. The lowest BCUT2D eigenvalue weighted by molar-refractivity contribution is -0.142. The van der Waals surface area contributed by atoms with Crippen LogP contribution in [0.3, 0.4) is 0 Å².